The summed E-state index contributed by atoms with van der Waals surface area (Å²) in [6, 6.07) is 3.18. The Morgan fingerprint density at radius 2 is 2.43 bits per heavy atom. The summed E-state index contributed by atoms with van der Waals surface area (Å²) in [7, 11) is 0. The molecule has 0 unspecified atom stereocenters. The van der Waals surface area contributed by atoms with Crippen molar-refractivity contribution in [3.8, 4) is 0 Å². The van der Waals surface area contributed by atoms with Gasteiger partial charge in [0.1, 0.15) is 0 Å². The van der Waals surface area contributed by atoms with Crippen molar-refractivity contribution in [3.63, 3.8) is 0 Å². The highest BCUT2D eigenvalue weighted by atomic mass is 16.7. The van der Waals surface area contributed by atoms with E-state index in [9.17, 15) is 4.79 Å². The molecule has 0 radical (unpaired) electrons. The fourth-order valence-corrected chi connectivity index (χ4v) is 0.866. The van der Waals surface area contributed by atoms with Gasteiger partial charge < -0.3 is 13.9 Å². The Morgan fingerprint density at radius 1 is 1.57 bits per heavy atom. The van der Waals surface area contributed by atoms with E-state index in [2.05, 4.69) is 6.92 Å². The number of esters is 1. The van der Waals surface area contributed by atoms with Crippen LogP contribution in [0.4, 0.5) is 0 Å². The van der Waals surface area contributed by atoms with Crippen LogP contribution in [0, 0.1) is 0 Å². The van der Waals surface area contributed by atoms with E-state index in [-0.39, 0.29) is 12.6 Å². The standard InChI is InChI=1S/C10H14O4/c1-2-3-6-12-8-14-10(11)9-5-4-7-13-9/h4-5,7H,2-3,6,8H2,1H3. The van der Waals surface area contributed by atoms with Gasteiger partial charge in [-0.25, -0.2) is 4.79 Å². The molecule has 0 saturated heterocycles. The first-order valence-corrected chi connectivity index (χ1v) is 4.63. The molecule has 0 fully saturated rings. The van der Waals surface area contributed by atoms with Gasteiger partial charge in [0.15, 0.2) is 6.79 Å². The quantitative estimate of drug-likeness (QED) is 0.399. The van der Waals surface area contributed by atoms with Crippen molar-refractivity contribution in [3.05, 3.63) is 24.2 Å². The van der Waals surface area contributed by atoms with Crippen LogP contribution in [0.5, 0.6) is 0 Å². The van der Waals surface area contributed by atoms with Crippen LogP contribution in [0.2, 0.25) is 0 Å². The minimum Gasteiger partial charge on any atom is -0.457 e. The van der Waals surface area contributed by atoms with Gasteiger partial charge in [-0.15, -0.1) is 0 Å². The fraction of sp³-hybridized carbons (Fsp3) is 0.500. The molecule has 0 aliphatic heterocycles. The summed E-state index contributed by atoms with van der Waals surface area (Å²) in [5.74, 6) is -0.296. The average molecular weight is 198 g/mol. The van der Waals surface area contributed by atoms with Crippen LogP contribution in [0.25, 0.3) is 0 Å². The van der Waals surface area contributed by atoms with E-state index in [0.29, 0.717) is 6.61 Å². The number of unbranched alkanes of at least 4 members (excludes halogenated alkanes) is 1. The highest BCUT2D eigenvalue weighted by molar-refractivity contribution is 5.86. The zero-order valence-corrected chi connectivity index (χ0v) is 8.19. The summed E-state index contributed by atoms with van der Waals surface area (Å²) in [5.41, 5.74) is 0. The normalized spacial score (nSPS) is 10.1. The second-order valence-corrected chi connectivity index (χ2v) is 2.79. The third kappa shape index (κ3) is 3.62. The maximum Gasteiger partial charge on any atom is 0.376 e. The van der Waals surface area contributed by atoms with Gasteiger partial charge in [-0.3, -0.25) is 0 Å². The van der Waals surface area contributed by atoms with Gasteiger partial charge in [0.05, 0.1) is 12.9 Å². The van der Waals surface area contributed by atoms with Crippen LogP contribution in [-0.4, -0.2) is 19.4 Å². The second kappa shape index (κ2) is 6.21. The van der Waals surface area contributed by atoms with Crippen molar-refractivity contribution in [1.29, 1.82) is 0 Å². The number of hydrogen-bond donors (Lipinski definition) is 0. The lowest BCUT2D eigenvalue weighted by Gasteiger charge is -2.03. The molecule has 1 heterocycles. The zero-order chi connectivity index (χ0) is 10.2. The van der Waals surface area contributed by atoms with Gasteiger partial charge in [-0.1, -0.05) is 13.3 Å². The van der Waals surface area contributed by atoms with E-state index in [1.54, 1.807) is 12.1 Å². The lowest BCUT2D eigenvalue weighted by atomic mass is 10.4. The van der Waals surface area contributed by atoms with E-state index >= 15 is 0 Å². The van der Waals surface area contributed by atoms with E-state index in [4.69, 9.17) is 13.9 Å². The van der Waals surface area contributed by atoms with Crippen molar-refractivity contribution in [2.24, 2.45) is 0 Å². The Kier molecular flexibility index (Phi) is 4.78. The molecule has 4 heteroatoms. The summed E-state index contributed by atoms with van der Waals surface area (Å²) in [6.07, 6.45) is 3.46. The summed E-state index contributed by atoms with van der Waals surface area (Å²) >= 11 is 0. The van der Waals surface area contributed by atoms with Crippen LogP contribution in [0.1, 0.15) is 30.3 Å². The minimum absolute atomic E-state index is 0.0144. The molecule has 1 aromatic rings. The average Bonchev–Trinajstić information content (AvgIpc) is 2.70. The molecular weight excluding hydrogens is 184 g/mol. The summed E-state index contributed by atoms with van der Waals surface area (Å²) < 4.78 is 14.7. The Morgan fingerprint density at radius 3 is 3.07 bits per heavy atom. The number of carbonyl (C=O) groups excluding carboxylic acids is 1. The smallest absolute Gasteiger partial charge is 0.376 e. The van der Waals surface area contributed by atoms with Crippen LogP contribution in [0.15, 0.2) is 22.8 Å². The van der Waals surface area contributed by atoms with Crippen molar-refractivity contribution in [2.75, 3.05) is 13.4 Å². The summed E-state index contributed by atoms with van der Waals surface area (Å²) in [6.45, 7) is 2.67. The Bertz CT molecular complexity index is 253. The van der Waals surface area contributed by atoms with Gasteiger partial charge in [0.2, 0.25) is 5.76 Å². The molecule has 0 atom stereocenters. The molecule has 78 valence electrons. The first-order chi connectivity index (χ1) is 6.84. The highest BCUT2D eigenvalue weighted by Crippen LogP contribution is 2.02. The van der Waals surface area contributed by atoms with Gasteiger partial charge in [0, 0.05) is 0 Å². The van der Waals surface area contributed by atoms with Crippen LogP contribution in [-0.2, 0) is 9.47 Å². The SMILES string of the molecule is CCCCOCOC(=O)c1ccco1. The summed E-state index contributed by atoms with van der Waals surface area (Å²) in [4.78, 5) is 11.1. The van der Waals surface area contributed by atoms with Crippen molar-refractivity contribution in [1.82, 2.24) is 0 Å². The minimum atomic E-state index is -0.494. The number of carbonyl (C=O) groups is 1. The molecule has 0 aliphatic rings. The monoisotopic (exact) mass is 198 g/mol. The molecule has 0 saturated carbocycles. The van der Waals surface area contributed by atoms with E-state index < -0.39 is 5.97 Å². The van der Waals surface area contributed by atoms with Gasteiger partial charge in [-0.05, 0) is 18.6 Å². The first-order valence-electron chi connectivity index (χ1n) is 4.63. The predicted octanol–water partition coefficient (Wildman–Crippen LogP) is 2.21. The molecule has 0 aromatic carbocycles. The Balaban J connectivity index is 2.10. The van der Waals surface area contributed by atoms with Crippen molar-refractivity contribution < 1.29 is 18.7 Å². The lowest BCUT2D eigenvalue weighted by Crippen LogP contribution is -2.08. The molecule has 0 N–H and O–H groups in total. The molecule has 0 spiro atoms. The third-order valence-electron chi connectivity index (χ3n) is 1.64. The maximum absolute atomic E-state index is 11.1. The molecule has 0 aliphatic carbocycles. The zero-order valence-electron chi connectivity index (χ0n) is 8.19. The van der Waals surface area contributed by atoms with E-state index in [1.807, 2.05) is 0 Å². The van der Waals surface area contributed by atoms with Crippen LogP contribution >= 0.6 is 0 Å². The van der Waals surface area contributed by atoms with E-state index in [1.165, 1.54) is 6.26 Å². The maximum atomic E-state index is 11.1. The van der Waals surface area contributed by atoms with Gasteiger partial charge in [-0.2, -0.15) is 0 Å². The van der Waals surface area contributed by atoms with Crippen LogP contribution in [0.3, 0.4) is 0 Å². The highest BCUT2D eigenvalue weighted by Gasteiger charge is 2.08. The molecule has 1 rings (SSSR count). The molecular formula is C10H14O4. The molecule has 1 aromatic heterocycles. The van der Waals surface area contributed by atoms with E-state index in [0.717, 1.165) is 12.8 Å². The predicted molar refractivity (Wildman–Crippen MR) is 49.9 cm³/mol. The summed E-state index contributed by atoms with van der Waals surface area (Å²) in [5, 5.41) is 0. The largest absolute Gasteiger partial charge is 0.457 e. The number of rotatable bonds is 6. The Labute approximate surface area is 82.8 Å². The second-order valence-electron chi connectivity index (χ2n) is 2.79. The lowest BCUT2D eigenvalue weighted by molar-refractivity contribution is -0.0340. The van der Waals surface area contributed by atoms with Gasteiger partial charge >= 0.3 is 5.97 Å². The Hall–Kier alpha value is -1.29. The molecule has 0 bridgehead atoms. The van der Waals surface area contributed by atoms with Crippen molar-refractivity contribution in [2.45, 2.75) is 19.8 Å². The fourth-order valence-electron chi connectivity index (χ4n) is 0.866. The number of furan rings is 1. The van der Waals surface area contributed by atoms with Crippen molar-refractivity contribution >= 4 is 5.97 Å². The first kappa shape index (κ1) is 10.8. The number of ether oxygens (including phenoxy) is 2. The molecule has 14 heavy (non-hydrogen) atoms. The number of hydrogen-bond acceptors (Lipinski definition) is 4. The molecule has 0 amide bonds. The van der Waals surface area contributed by atoms with Crippen LogP contribution < -0.4 is 0 Å². The molecule has 4 nitrogen and oxygen atoms in total. The third-order valence-corrected chi connectivity index (χ3v) is 1.64. The topological polar surface area (TPSA) is 48.7 Å². The van der Waals surface area contributed by atoms with Gasteiger partial charge in [0.25, 0.3) is 0 Å².